The molecule has 0 unspecified atom stereocenters. The highest BCUT2D eigenvalue weighted by atomic mass is 35.6. The summed E-state index contributed by atoms with van der Waals surface area (Å²) in [6.07, 6.45) is 1.02. The van der Waals surface area contributed by atoms with Crippen LogP contribution in [0.4, 0.5) is 0 Å². The van der Waals surface area contributed by atoms with Gasteiger partial charge in [0.2, 0.25) is 0 Å². The fourth-order valence-corrected chi connectivity index (χ4v) is 0.214. The minimum Gasteiger partial charge on any atom is -0.481 e. The molecule has 0 atom stereocenters. The molecule has 0 rings (SSSR count). The predicted octanol–water partition coefficient (Wildman–Crippen LogP) is 3.25. The molecule has 0 heterocycles. The molecule has 0 aromatic carbocycles. The minimum absolute atomic E-state index is 0.292. The molecule has 0 aliphatic carbocycles. The van der Waals surface area contributed by atoms with E-state index in [2.05, 4.69) is 0 Å². The molecule has 68 valence electrons. The Morgan fingerprint density at radius 2 is 1.73 bits per heavy atom. The SMILES string of the molecule is CC(Cl)(Cl)Cl.CCCC(=O)O. The zero-order chi connectivity index (χ0) is 9.49. The van der Waals surface area contributed by atoms with Crippen LogP contribution in [0.25, 0.3) is 0 Å². The zero-order valence-electron chi connectivity index (χ0n) is 6.40. The summed E-state index contributed by atoms with van der Waals surface area (Å²) >= 11 is 15.2. The van der Waals surface area contributed by atoms with Crippen LogP contribution in [-0.4, -0.2) is 14.9 Å². The smallest absolute Gasteiger partial charge is 0.303 e. The van der Waals surface area contributed by atoms with Crippen molar-refractivity contribution in [2.75, 3.05) is 0 Å². The Morgan fingerprint density at radius 3 is 1.73 bits per heavy atom. The van der Waals surface area contributed by atoms with Gasteiger partial charge >= 0.3 is 5.97 Å². The van der Waals surface area contributed by atoms with Crippen LogP contribution in [0.2, 0.25) is 0 Å². The van der Waals surface area contributed by atoms with E-state index in [4.69, 9.17) is 39.9 Å². The lowest BCUT2D eigenvalue weighted by molar-refractivity contribution is -0.137. The summed E-state index contributed by atoms with van der Waals surface area (Å²) in [6, 6.07) is 0. The van der Waals surface area contributed by atoms with Crippen LogP contribution in [0.1, 0.15) is 26.7 Å². The third kappa shape index (κ3) is 64.5. The zero-order valence-corrected chi connectivity index (χ0v) is 8.67. The highest BCUT2D eigenvalue weighted by Gasteiger charge is 2.07. The molecule has 0 saturated heterocycles. The van der Waals surface area contributed by atoms with Crippen LogP contribution < -0.4 is 0 Å². The van der Waals surface area contributed by atoms with E-state index in [1.54, 1.807) is 0 Å². The van der Waals surface area contributed by atoms with Crippen molar-refractivity contribution < 1.29 is 9.90 Å². The van der Waals surface area contributed by atoms with Crippen LogP contribution in [0, 0.1) is 0 Å². The lowest BCUT2D eigenvalue weighted by Crippen LogP contribution is -1.90. The molecule has 5 heteroatoms. The number of hydrogen-bond donors (Lipinski definition) is 1. The minimum atomic E-state index is -1.08. The number of carbonyl (C=O) groups is 1. The molecule has 0 aromatic rings. The second-order valence-corrected chi connectivity index (χ2v) is 4.77. The summed E-state index contributed by atoms with van der Waals surface area (Å²) in [5.74, 6) is -0.711. The number of aliphatic carboxylic acids is 1. The molecular weight excluding hydrogens is 210 g/mol. The first-order valence-corrected chi connectivity index (χ1v) is 4.19. The van der Waals surface area contributed by atoms with Crippen LogP contribution in [-0.2, 0) is 4.79 Å². The van der Waals surface area contributed by atoms with Gasteiger partial charge in [-0.05, 0) is 13.3 Å². The fourth-order valence-electron chi connectivity index (χ4n) is 0.214. The summed E-state index contributed by atoms with van der Waals surface area (Å²) < 4.78 is -1.08. The van der Waals surface area contributed by atoms with E-state index in [1.165, 1.54) is 6.92 Å². The molecular formula is C6H11Cl3O2. The van der Waals surface area contributed by atoms with Gasteiger partial charge in [-0.25, -0.2) is 0 Å². The van der Waals surface area contributed by atoms with Gasteiger partial charge in [0.25, 0.3) is 0 Å². The third-order valence-corrected chi connectivity index (χ3v) is 0.464. The second kappa shape index (κ2) is 7.01. The second-order valence-electron chi connectivity index (χ2n) is 1.92. The molecule has 0 amide bonds. The maximum absolute atomic E-state index is 9.60. The Kier molecular flexibility index (Phi) is 8.86. The van der Waals surface area contributed by atoms with Gasteiger partial charge in [-0.3, -0.25) is 4.79 Å². The normalized spacial score (nSPS) is 9.91. The van der Waals surface area contributed by atoms with Crippen molar-refractivity contribution in [1.82, 2.24) is 0 Å². The Hall–Kier alpha value is 0.340. The first-order chi connectivity index (χ1) is 4.77. The fraction of sp³-hybridized carbons (Fsp3) is 0.833. The Balaban J connectivity index is 0. The van der Waals surface area contributed by atoms with E-state index in [0.717, 1.165) is 6.42 Å². The first kappa shape index (κ1) is 13.9. The molecule has 0 spiro atoms. The van der Waals surface area contributed by atoms with Gasteiger partial charge in [0.05, 0.1) is 0 Å². The van der Waals surface area contributed by atoms with Crippen molar-refractivity contribution in [3.05, 3.63) is 0 Å². The molecule has 0 saturated carbocycles. The van der Waals surface area contributed by atoms with Gasteiger partial charge in [-0.1, -0.05) is 41.7 Å². The van der Waals surface area contributed by atoms with E-state index in [1.807, 2.05) is 6.92 Å². The van der Waals surface area contributed by atoms with Gasteiger partial charge in [-0.15, -0.1) is 0 Å². The Bertz CT molecular complexity index is 103. The molecule has 0 aliphatic rings. The van der Waals surface area contributed by atoms with E-state index < -0.39 is 9.76 Å². The lowest BCUT2D eigenvalue weighted by Gasteiger charge is -1.94. The molecule has 0 bridgehead atoms. The van der Waals surface area contributed by atoms with Gasteiger partial charge in [-0.2, -0.15) is 0 Å². The monoisotopic (exact) mass is 220 g/mol. The number of halogens is 3. The number of hydrogen-bond acceptors (Lipinski definition) is 1. The summed E-state index contributed by atoms with van der Waals surface area (Å²) in [5, 5.41) is 7.91. The van der Waals surface area contributed by atoms with Crippen molar-refractivity contribution >= 4 is 40.8 Å². The lowest BCUT2D eigenvalue weighted by atomic mass is 10.4. The van der Waals surface area contributed by atoms with Crippen molar-refractivity contribution in [3.63, 3.8) is 0 Å². The topological polar surface area (TPSA) is 37.3 Å². The van der Waals surface area contributed by atoms with Crippen molar-refractivity contribution in [1.29, 1.82) is 0 Å². The summed E-state index contributed by atoms with van der Waals surface area (Å²) in [4.78, 5) is 9.60. The van der Waals surface area contributed by atoms with Crippen molar-refractivity contribution in [2.45, 2.75) is 30.5 Å². The summed E-state index contributed by atoms with van der Waals surface area (Å²) in [5.41, 5.74) is 0. The number of carboxylic acid groups (broad SMARTS) is 1. The third-order valence-electron chi connectivity index (χ3n) is 0.464. The maximum atomic E-state index is 9.60. The Morgan fingerprint density at radius 1 is 1.45 bits per heavy atom. The molecule has 0 radical (unpaired) electrons. The van der Waals surface area contributed by atoms with Crippen LogP contribution >= 0.6 is 34.8 Å². The highest BCUT2D eigenvalue weighted by Crippen LogP contribution is 2.23. The Labute approximate surface area is 81.4 Å². The molecule has 1 N–H and O–H groups in total. The average Bonchev–Trinajstić information content (AvgIpc) is 1.58. The number of rotatable bonds is 2. The van der Waals surface area contributed by atoms with Gasteiger partial charge < -0.3 is 5.11 Å². The van der Waals surface area contributed by atoms with E-state index in [9.17, 15) is 4.79 Å². The first-order valence-electron chi connectivity index (χ1n) is 3.06. The van der Waals surface area contributed by atoms with Crippen molar-refractivity contribution in [3.8, 4) is 0 Å². The standard InChI is InChI=1S/C4H8O2.C2H3Cl3/c1-2-3-4(5)6;1-2(3,4)5/h2-3H2,1H3,(H,5,6);1H3. The number of carboxylic acids is 1. The summed E-state index contributed by atoms with van der Waals surface area (Å²) in [7, 11) is 0. The van der Waals surface area contributed by atoms with Crippen molar-refractivity contribution in [2.24, 2.45) is 0 Å². The van der Waals surface area contributed by atoms with Crippen LogP contribution in [0.5, 0.6) is 0 Å². The van der Waals surface area contributed by atoms with E-state index >= 15 is 0 Å². The largest absolute Gasteiger partial charge is 0.481 e. The maximum Gasteiger partial charge on any atom is 0.303 e. The average molecular weight is 222 g/mol. The quantitative estimate of drug-likeness (QED) is 0.727. The van der Waals surface area contributed by atoms with Gasteiger partial charge in [0, 0.05) is 6.42 Å². The highest BCUT2D eigenvalue weighted by molar-refractivity contribution is 6.67. The molecule has 0 aliphatic heterocycles. The van der Waals surface area contributed by atoms with Gasteiger partial charge in [0.1, 0.15) is 0 Å². The molecule has 2 nitrogen and oxygen atoms in total. The molecule has 0 aromatic heterocycles. The summed E-state index contributed by atoms with van der Waals surface area (Å²) in [6.45, 7) is 3.33. The number of alkyl halides is 3. The van der Waals surface area contributed by atoms with E-state index in [0.29, 0.717) is 6.42 Å². The van der Waals surface area contributed by atoms with Gasteiger partial charge in [0.15, 0.2) is 3.79 Å². The van der Waals surface area contributed by atoms with E-state index in [-0.39, 0.29) is 0 Å². The molecule has 11 heavy (non-hydrogen) atoms. The van der Waals surface area contributed by atoms with Crippen LogP contribution in [0.15, 0.2) is 0 Å². The predicted molar refractivity (Wildman–Crippen MR) is 48.5 cm³/mol. The molecule has 0 fully saturated rings. The van der Waals surface area contributed by atoms with Crippen LogP contribution in [0.3, 0.4) is 0 Å².